The minimum atomic E-state index is -0.257. The van der Waals surface area contributed by atoms with Gasteiger partial charge in [0.05, 0.1) is 13.3 Å². The molecule has 0 unspecified atom stereocenters. The van der Waals surface area contributed by atoms with Crippen LogP contribution in [0.15, 0.2) is 54.6 Å². The molecule has 5 heteroatoms. The van der Waals surface area contributed by atoms with E-state index in [2.05, 4.69) is 67.3 Å². The van der Waals surface area contributed by atoms with Crippen molar-refractivity contribution in [2.75, 3.05) is 38.6 Å². The molecule has 1 aliphatic carbocycles. The fourth-order valence-electron chi connectivity index (χ4n) is 6.11. The number of nitrogen functional groups attached to an aromatic ring is 1. The number of nitrogens with two attached hydrogens (primary N) is 1. The number of allylic oxidation sites excluding steroid dienone is 1. The SMILES string of the molecule is CCOc1ccc(C2=C(c3ccc(O[C@H]4CCN(CCCF)C4)cc3)c3ccc(N)cc3CCC2)c(C)c1C. The van der Waals surface area contributed by atoms with Gasteiger partial charge >= 0.3 is 0 Å². The van der Waals surface area contributed by atoms with Crippen LogP contribution in [0.2, 0.25) is 0 Å². The van der Waals surface area contributed by atoms with Gasteiger partial charge in [0.1, 0.15) is 17.6 Å². The van der Waals surface area contributed by atoms with Crippen molar-refractivity contribution in [1.29, 1.82) is 0 Å². The van der Waals surface area contributed by atoms with Crippen molar-refractivity contribution in [3.05, 3.63) is 88.0 Å². The van der Waals surface area contributed by atoms with E-state index < -0.39 is 0 Å². The number of benzene rings is 3. The number of rotatable bonds is 9. The molecule has 0 radical (unpaired) electrons. The maximum atomic E-state index is 12.6. The fraction of sp³-hybridized carbons (Fsp3) is 0.412. The minimum Gasteiger partial charge on any atom is -0.494 e. The lowest BCUT2D eigenvalue weighted by Gasteiger charge is -2.21. The third-order valence-electron chi connectivity index (χ3n) is 8.22. The Morgan fingerprint density at radius 1 is 0.974 bits per heavy atom. The molecular weight excluding hydrogens is 487 g/mol. The molecule has 0 bridgehead atoms. The predicted octanol–water partition coefficient (Wildman–Crippen LogP) is 7.39. The zero-order chi connectivity index (χ0) is 27.4. The number of aryl methyl sites for hydroxylation is 1. The molecular formula is C34H41FN2O2. The summed E-state index contributed by atoms with van der Waals surface area (Å²) in [4.78, 5) is 2.30. The quantitative estimate of drug-likeness (QED) is 0.294. The summed E-state index contributed by atoms with van der Waals surface area (Å²) in [5.74, 6) is 1.84. The lowest BCUT2D eigenvalue weighted by Crippen LogP contribution is -2.26. The number of alkyl halides is 1. The van der Waals surface area contributed by atoms with Crippen LogP contribution in [0.4, 0.5) is 10.1 Å². The summed E-state index contributed by atoms with van der Waals surface area (Å²) in [5.41, 5.74) is 17.2. The van der Waals surface area contributed by atoms with Crippen molar-refractivity contribution in [2.24, 2.45) is 0 Å². The van der Waals surface area contributed by atoms with Crippen LogP contribution in [-0.4, -0.2) is 43.9 Å². The molecule has 3 aromatic rings. The summed E-state index contributed by atoms with van der Waals surface area (Å²) in [6.07, 6.45) is 4.80. The van der Waals surface area contributed by atoms with Crippen LogP contribution in [0.25, 0.3) is 11.1 Å². The predicted molar refractivity (Wildman–Crippen MR) is 159 cm³/mol. The molecule has 1 aliphatic heterocycles. The van der Waals surface area contributed by atoms with Gasteiger partial charge in [-0.05, 0) is 128 Å². The van der Waals surface area contributed by atoms with Gasteiger partial charge in [0.2, 0.25) is 0 Å². The lowest BCUT2D eigenvalue weighted by atomic mass is 9.85. The zero-order valence-corrected chi connectivity index (χ0v) is 23.6. The molecule has 4 nitrogen and oxygen atoms in total. The highest BCUT2D eigenvalue weighted by molar-refractivity contribution is 6.00. The number of halogens is 1. The van der Waals surface area contributed by atoms with E-state index in [0.717, 1.165) is 62.5 Å². The smallest absolute Gasteiger partial charge is 0.122 e. The van der Waals surface area contributed by atoms with Crippen LogP contribution in [0.3, 0.4) is 0 Å². The second-order valence-electron chi connectivity index (χ2n) is 10.8. The summed E-state index contributed by atoms with van der Waals surface area (Å²) >= 11 is 0. The van der Waals surface area contributed by atoms with Crippen molar-refractivity contribution in [1.82, 2.24) is 4.90 Å². The second kappa shape index (κ2) is 12.3. The van der Waals surface area contributed by atoms with Crippen molar-refractivity contribution in [2.45, 2.75) is 59.0 Å². The third kappa shape index (κ3) is 5.99. The monoisotopic (exact) mass is 528 g/mol. The highest BCUT2D eigenvalue weighted by Gasteiger charge is 2.25. The molecule has 2 N–H and O–H groups in total. The summed E-state index contributed by atoms with van der Waals surface area (Å²) in [5, 5.41) is 0. The highest BCUT2D eigenvalue weighted by Crippen LogP contribution is 2.42. The second-order valence-corrected chi connectivity index (χ2v) is 10.8. The fourth-order valence-corrected chi connectivity index (χ4v) is 6.11. The van der Waals surface area contributed by atoms with E-state index in [-0.39, 0.29) is 12.8 Å². The largest absolute Gasteiger partial charge is 0.494 e. The average Bonchev–Trinajstić information content (AvgIpc) is 3.30. The van der Waals surface area contributed by atoms with Crippen molar-refractivity contribution in [3.63, 3.8) is 0 Å². The van der Waals surface area contributed by atoms with E-state index in [1.807, 2.05) is 13.0 Å². The molecule has 39 heavy (non-hydrogen) atoms. The van der Waals surface area contributed by atoms with Gasteiger partial charge in [0, 0.05) is 25.3 Å². The van der Waals surface area contributed by atoms with Gasteiger partial charge in [-0.1, -0.05) is 24.3 Å². The van der Waals surface area contributed by atoms with Gasteiger partial charge < -0.3 is 15.2 Å². The maximum Gasteiger partial charge on any atom is 0.122 e. The Hall–Kier alpha value is -3.31. The number of likely N-dealkylation sites (tertiary alicyclic amines) is 1. The third-order valence-corrected chi connectivity index (χ3v) is 8.22. The first-order valence-electron chi connectivity index (χ1n) is 14.4. The van der Waals surface area contributed by atoms with E-state index >= 15 is 0 Å². The summed E-state index contributed by atoms with van der Waals surface area (Å²) in [7, 11) is 0. The van der Waals surface area contributed by atoms with E-state index in [4.69, 9.17) is 15.2 Å². The Labute approximate surface area is 232 Å². The molecule has 0 saturated carbocycles. The Balaban J connectivity index is 1.51. The standard InChI is InChI=1S/C34H41FN2O2/c1-4-38-33-16-15-30(23(2)24(33)3)32-8-5-7-26-21-27(36)11-14-31(26)34(32)25-9-12-28(13-10-25)39-29-17-20-37(22-29)19-6-18-35/h9-16,21,29H,4-8,17-20,22,36H2,1-3H3/t29-/m0/s1. The van der Waals surface area contributed by atoms with E-state index in [1.54, 1.807) is 0 Å². The Morgan fingerprint density at radius 3 is 2.54 bits per heavy atom. The average molecular weight is 529 g/mol. The molecule has 0 aromatic heterocycles. The Morgan fingerprint density at radius 2 is 1.77 bits per heavy atom. The van der Waals surface area contributed by atoms with E-state index in [9.17, 15) is 4.39 Å². The molecule has 0 spiro atoms. The van der Waals surface area contributed by atoms with Crippen LogP contribution in [0, 0.1) is 13.8 Å². The number of hydrogen-bond acceptors (Lipinski definition) is 4. The normalized spacial score (nSPS) is 17.7. The van der Waals surface area contributed by atoms with Gasteiger partial charge in [0.15, 0.2) is 0 Å². The molecule has 0 amide bonds. The topological polar surface area (TPSA) is 47.7 Å². The van der Waals surface area contributed by atoms with Gasteiger partial charge in [0.25, 0.3) is 0 Å². The molecule has 1 heterocycles. The maximum absolute atomic E-state index is 12.6. The highest BCUT2D eigenvalue weighted by atomic mass is 19.1. The van der Waals surface area contributed by atoms with Crippen LogP contribution in [0.1, 0.15) is 66.0 Å². The van der Waals surface area contributed by atoms with Gasteiger partial charge in [-0.3, -0.25) is 9.29 Å². The van der Waals surface area contributed by atoms with Crippen LogP contribution < -0.4 is 15.2 Å². The van der Waals surface area contributed by atoms with Crippen LogP contribution >= 0.6 is 0 Å². The number of ether oxygens (including phenoxy) is 2. The molecule has 206 valence electrons. The number of fused-ring (bicyclic) bond motifs is 1. The lowest BCUT2D eigenvalue weighted by molar-refractivity contribution is 0.198. The van der Waals surface area contributed by atoms with Crippen molar-refractivity contribution < 1.29 is 13.9 Å². The van der Waals surface area contributed by atoms with Crippen LogP contribution in [0.5, 0.6) is 11.5 Å². The van der Waals surface area contributed by atoms with Crippen LogP contribution in [-0.2, 0) is 6.42 Å². The van der Waals surface area contributed by atoms with Gasteiger partial charge in [-0.25, -0.2) is 0 Å². The van der Waals surface area contributed by atoms with Gasteiger partial charge in [-0.2, -0.15) is 0 Å². The molecule has 2 aliphatic rings. The first-order chi connectivity index (χ1) is 19.0. The molecule has 5 rings (SSSR count). The Bertz CT molecular complexity index is 1330. The summed E-state index contributed by atoms with van der Waals surface area (Å²) in [6.45, 7) is 9.44. The molecule has 1 atom stereocenters. The van der Waals surface area contributed by atoms with Crippen molar-refractivity contribution >= 4 is 16.8 Å². The van der Waals surface area contributed by atoms with E-state index in [1.165, 1.54) is 44.5 Å². The number of hydrogen-bond donors (Lipinski definition) is 1. The minimum absolute atomic E-state index is 0.154. The molecule has 1 fully saturated rings. The first kappa shape index (κ1) is 27.3. The summed E-state index contributed by atoms with van der Waals surface area (Å²) < 4.78 is 24.8. The van der Waals surface area contributed by atoms with Gasteiger partial charge in [-0.15, -0.1) is 0 Å². The molecule has 3 aromatic carbocycles. The van der Waals surface area contributed by atoms with Crippen molar-refractivity contribution in [3.8, 4) is 11.5 Å². The zero-order valence-electron chi connectivity index (χ0n) is 23.6. The summed E-state index contributed by atoms with van der Waals surface area (Å²) in [6, 6.07) is 19.3. The number of nitrogens with zero attached hydrogens (tertiary/aromatic N) is 1. The Kier molecular flexibility index (Phi) is 8.56. The molecule has 1 saturated heterocycles. The van der Waals surface area contributed by atoms with E-state index in [0.29, 0.717) is 13.0 Å². The first-order valence-corrected chi connectivity index (χ1v) is 14.4. The number of anilines is 1.